The van der Waals surface area contributed by atoms with Crippen LogP contribution in [0.3, 0.4) is 0 Å². The van der Waals surface area contributed by atoms with E-state index < -0.39 is 0 Å². The molecule has 0 saturated heterocycles. The van der Waals surface area contributed by atoms with Crippen molar-refractivity contribution in [3.63, 3.8) is 0 Å². The number of hydrogen-bond acceptors (Lipinski definition) is 6. The normalized spacial score (nSPS) is 15.8. The van der Waals surface area contributed by atoms with E-state index in [-0.39, 0.29) is 11.6 Å². The molecule has 25 heavy (non-hydrogen) atoms. The zero-order chi connectivity index (χ0) is 17.4. The summed E-state index contributed by atoms with van der Waals surface area (Å²) >= 11 is 0. The van der Waals surface area contributed by atoms with E-state index in [0.29, 0.717) is 18.3 Å². The van der Waals surface area contributed by atoms with Crippen molar-refractivity contribution < 1.29 is 4.52 Å². The largest absolute Gasteiger partial charge is 0.337 e. The van der Waals surface area contributed by atoms with Crippen LogP contribution in [0.5, 0.6) is 0 Å². The smallest absolute Gasteiger partial charge is 0.266 e. The molecule has 0 spiro atoms. The number of aryl methyl sites for hydroxylation is 1. The highest BCUT2D eigenvalue weighted by Gasteiger charge is 2.27. The van der Waals surface area contributed by atoms with Gasteiger partial charge in [-0.3, -0.25) is 9.69 Å². The highest BCUT2D eigenvalue weighted by Crippen LogP contribution is 2.26. The molecule has 0 bridgehead atoms. The van der Waals surface area contributed by atoms with Crippen molar-refractivity contribution >= 4 is 0 Å². The van der Waals surface area contributed by atoms with E-state index in [9.17, 15) is 4.79 Å². The van der Waals surface area contributed by atoms with E-state index in [2.05, 4.69) is 20.1 Å². The van der Waals surface area contributed by atoms with Crippen molar-refractivity contribution in [1.29, 1.82) is 0 Å². The Morgan fingerprint density at radius 3 is 2.84 bits per heavy atom. The number of hydrogen-bond donors (Lipinski definition) is 0. The summed E-state index contributed by atoms with van der Waals surface area (Å²) in [4.78, 5) is 18.6. The molecule has 3 aromatic rings. The minimum Gasteiger partial charge on any atom is -0.337 e. The molecule has 0 radical (unpaired) electrons. The maximum Gasteiger partial charge on any atom is 0.266 e. The van der Waals surface area contributed by atoms with Crippen molar-refractivity contribution in [3.05, 3.63) is 63.9 Å². The molecular formula is C18H19N5O2. The second-order valence-corrected chi connectivity index (χ2v) is 6.30. The van der Waals surface area contributed by atoms with Crippen molar-refractivity contribution in [3.8, 4) is 11.4 Å². The van der Waals surface area contributed by atoms with Gasteiger partial charge in [-0.15, -0.1) is 0 Å². The molecular weight excluding hydrogens is 318 g/mol. The molecule has 4 rings (SSSR count). The lowest BCUT2D eigenvalue weighted by Crippen LogP contribution is -2.36. The van der Waals surface area contributed by atoms with Crippen molar-refractivity contribution in [2.24, 2.45) is 7.05 Å². The van der Waals surface area contributed by atoms with Crippen LogP contribution in [0.4, 0.5) is 0 Å². The van der Waals surface area contributed by atoms with Gasteiger partial charge in [-0.2, -0.15) is 10.1 Å². The summed E-state index contributed by atoms with van der Waals surface area (Å²) in [5, 5.41) is 8.44. The summed E-state index contributed by atoms with van der Waals surface area (Å²) in [6.07, 6.45) is 0.799. The SMILES string of the molecule is C[C@H](c1nc(-c2ccccc2)no1)N1CCc2nn(C)c(=O)cc2C1. The molecule has 0 fully saturated rings. The Bertz CT molecular complexity index is 948. The second kappa shape index (κ2) is 6.25. The maximum absolute atomic E-state index is 11.8. The van der Waals surface area contributed by atoms with Gasteiger partial charge in [0.1, 0.15) is 0 Å². The number of rotatable bonds is 3. The van der Waals surface area contributed by atoms with Gasteiger partial charge in [0.05, 0.1) is 11.7 Å². The van der Waals surface area contributed by atoms with E-state index >= 15 is 0 Å². The number of fused-ring (bicyclic) bond motifs is 1. The topological polar surface area (TPSA) is 77.1 Å². The molecule has 0 N–H and O–H groups in total. The first-order chi connectivity index (χ1) is 12.1. The molecule has 0 aliphatic carbocycles. The highest BCUT2D eigenvalue weighted by molar-refractivity contribution is 5.53. The first-order valence-corrected chi connectivity index (χ1v) is 8.31. The third-order valence-electron chi connectivity index (χ3n) is 4.65. The highest BCUT2D eigenvalue weighted by atomic mass is 16.5. The Hall–Kier alpha value is -2.80. The van der Waals surface area contributed by atoms with Crippen LogP contribution < -0.4 is 5.56 Å². The Kier molecular flexibility index (Phi) is 3.93. The van der Waals surface area contributed by atoms with Crippen molar-refractivity contribution in [1.82, 2.24) is 24.8 Å². The monoisotopic (exact) mass is 337 g/mol. The van der Waals surface area contributed by atoms with Gasteiger partial charge in [-0.25, -0.2) is 4.68 Å². The van der Waals surface area contributed by atoms with Crippen LogP contribution >= 0.6 is 0 Å². The van der Waals surface area contributed by atoms with Gasteiger partial charge < -0.3 is 4.52 Å². The van der Waals surface area contributed by atoms with Gasteiger partial charge in [0.15, 0.2) is 0 Å². The molecule has 1 aliphatic rings. The van der Waals surface area contributed by atoms with Gasteiger partial charge in [-0.05, 0) is 12.5 Å². The Morgan fingerprint density at radius 2 is 2.04 bits per heavy atom. The van der Waals surface area contributed by atoms with Crippen LogP contribution in [-0.2, 0) is 20.0 Å². The van der Waals surface area contributed by atoms with Crippen LogP contribution in [0.1, 0.15) is 30.1 Å². The van der Waals surface area contributed by atoms with E-state index in [1.54, 1.807) is 13.1 Å². The third kappa shape index (κ3) is 2.98. The van der Waals surface area contributed by atoms with Gasteiger partial charge in [0, 0.05) is 38.2 Å². The quantitative estimate of drug-likeness (QED) is 0.727. The predicted octanol–water partition coefficient (Wildman–Crippen LogP) is 1.95. The van der Waals surface area contributed by atoms with Crippen molar-refractivity contribution in [2.45, 2.75) is 25.9 Å². The average Bonchev–Trinajstić information content (AvgIpc) is 3.12. The summed E-state index contributed by atoms with van der Waals surface area (Å²) in [6, 6.07) is 11.4. The number of aromatic nitrogens is 4. The average molecular weight is 337 g/mol. The Balaban J connectivity index is 1.56. The zero-order valence-electron chi connectivity index (χ0n) is 14.2. The molecule has 0 unspecified atom stereocenters. The first-order valence-electron chi connectivity index (χ1n) is 8.31. The van der Waals surface area contributed by atoms with Crippen LogP contribution in [-0.4, -0.2) is 31.4 Å². The van der Waals surface area contributed by atoms with Crippen LogP contribution in [0.2, 0.25) is 0 Å². The molecule has 1 aliphatic heterocycles. The maximum atomic E-state index is 11.8. The fourth-order valence-corrected chi connectivity index (χ4v) is 3.11. The van der Waals surface area contributed by atoms with E-state index in [1.807, 2.05) is 37.3 Å². The van der Waals surface area contributed by atoms with Gasteiger partial charge in [0.2, 0.25) is 11.7 Å². The summed E-state index contributed by atoms with van der Waals surface area (Å²) in [5.74, 6) is 1.18. The van der Waals surface area contributed by atoms with E-state index in [1.165, 1.54) is 4.68 Å². The molecule has 0 saturated carbocycles. The molecule has 3 heterocycles. The Morgan fingerprint density at radius 1 is 1.24 bits per heavy atom. The van der Waals surface area contributed by atoms with Crippen LogP contribution in [0.25, 0.3) is 11.4 Å². The molecule has 7 heteroatoms. The van der Waals surface area contributed by atoms with E-state index in [0.717, 1.165) is 29.8 Å². The fraction of sp³-hybridized carbons (Fsp3) is 0.333. The van der Waals surface area contributed by atoms with Crippen LogP contribution in [0.15, 0.2) is 45.7 Å². The zero-order valence-corrected chi connectivity index (χ0v) is 14.2. The molecule has 128 valence electrons. The van der Waals surface area contributed by atoms with Gasteiger partial charge >= 0.3 is 0 Å². The predicted molar refractivity (Wildman–Crippen MR) is 91.7 cm³/mol. The van der Waals surface area contributed by atoms with Gasteiger partial charge in [0.25, 0.3) is 5.56 Å². The molecule has 0 amide bonds. The summed E-state index contributed by atoms with van der Waals surface area (Å²) in [7, 11) is 1.68. The van der Waals surface area contributed by atoms with Gasteiger partial charge in [-0.1, -0.05) is 35.5 Å². The van der Waals surface area contributed by atoms with E-state index in [4.69, 9.17) is 4.52 Å². The molecule has 7 nitrogen and oxygen atoms in total. The number of nitrogens with zero attached hydrogens (tertiary/aromatic N) is 5. The first kappa shape index (κ1) is 15.7. The fourth-order valence-electron chi connectivity index (χ4n) is 3.11. The number of benzene rings is 1. The van der Waals surface area contributed by atoms with Crippen LogP contribution in [0, 0.1) is 0 Å². The second-order valence-electron chi connectivity index (χ2n) is 6.30. The molecule has 1 aromatic carbocycles. The summed E-state index contributed by atoms with van der Waals surface area (Å²) in [5.41, 5.74) is 2.81. The lowest BCUT2D eigenvalue weighted by Gasteiger charge is -2.31. The standard InChI is InChI=1S/C18H19N5O2/c1-12(18-19-17(21-25-18)13-6-4-3-5-7-13)23-9-8-15-14(11-23)10-16(24)22(2)20-15/h3-7,10,12H,8-9,11H2,1-2H3/t12-/m1/s1. The lowest BCUT2D eigenvalue weighted by molar-refractivity contribution is 0.156. The molecule has 1 atom stereocenters. The summed E-state index contributed by atoms with van der Waals surface area (Å²) < 4.78 is 6.87. The Labute approximate surface area is 144 Å². The van der Waals surface area contributed by atoms with Crippen molar-refractivity contribution in [2.75, 3.05) is 6.54 Å². The third-order valence-corrected chi connectivity index (χ3v) is 4.65. The summed E-state index contributed by atoms with van der Waals surface area (Å²) in [6.45, 7) is 3.53. The minimum atomic E-state index is -0.0857. The minimum absolute atomic E-state index is 0.0258. The lowest BCUT2D eigenvalue weighted by atomic mass is 10.0. The molecule has 2 aromatic heterocycles.